The molecule has 0 spiro atoms. The van der Waals surface area contributed by atoms with Crippen molar-refractivity contribution < 1.29 is 10.2 Å². The van der Waals surface area contributed by atoms with Crippen molar-refractivity contribution in [2.45, 2.75) is 34.0 Å². The van der Waals surface area contributed by atoms with Crippen LogP contribution in [0.15, 0.2) is 0 Å². The van der Waals surface area contributed by atoms with Gasteiger partial charge >= 0.3 is 0 Å². The Morgan fingerprint density at radius 2 is 1.44 bits per heavy atom. The minimum absolute atomic E-state index is 0.0197. The SMILES string of the molecule is C[C@H](C(O)O)C(C)(C)C. The van der Waals surface area contributed by atoms with Crippen LogP contribution in [-0.2, 0) is 0 Å². The molecule has 2 nitrogen and oxygen atoms in total. The van der Waals surface area contributed by atoms with Crippen LogP contribution in [0.3, 0.4) is 0 Å². The molecule has 0 rings (SSSR count). The predicted octanol–water partition coefficient (Wildman–Crippen LogP) is 0.979. The predicted molar refractivity (Wildman–Crippen MR) is 36.8 cm³/mol. The topological polar surface area (TPSA) is 40.5 Å². The Hall–Kier alpha value is -0.0800. The van der Waals surface area contributed by atoms with Gasteiger partial charge in [-0.05, 0) is 5.41 Å². The molecule has 9 heavy (non-hydrogen) atoms. The molecule has 0 radical (unpaired) electrons. The van der Waals surface area contributed by atoms with E-state index in [1.165, 1.54) is 0 Å². The third-order valence-electron chi connectivity index (χ3n) is 1.81. The molecule has 0 amide bonds. The Labute approximate surface area is 56.5 Å². The van der Waals surface area contributed by atoms with Gasteiger partial charge in [-0.2, -0.15) is 0 Å². The van der Waals surface area contributed by atoms with E-state index in [0.717, 1.165) is 0 Å². The summed E-state index contributed by atoms with van der Waals surface area (Å²) in [5, 5.41) is 17.4. The molecule has 0 heterocycles. The van der Waals surface area contributed by atoms with Gasteiger partial charge in [0.15, 0.2) is 6.29 Å². The van der Waals surface area contributed by atoms with Crippen LogP contribution < -0.4 is 0 Å². The van der Waals surface area contributed by atoms with Crippen LogP contribution in [0.2, 0.25) is 0 Å². The molecule has 0 aromatic heterocycles. The van der Waals surface area contributed by atoms with E-state index in [9.17, 15) is 0 Å². The second kappa shape index (κ2) is 2.67. The Morgan fingerprint density at radius 3 is 1.44 bits per heavy atom. The van der Waals surface area contributed by atoms with Crippen LogP contribution in [0.25, 0.3) is 0 Å². The first kappa shape index (κ1) is 8.92. The lowest BCUT2D eigenvalue weighted by atomic mass is 9.82. The molecule has 0 aliphatic heterocycles. The molecule has 1 atom stereocenters. The van der Waals surface area contributed by atoms with Gasteiger partial charge in [-0.1, -0.05) is 27.7 Å². The third kappa shape index (κ3) is 2.82. The van der Waals surface area contributed by atoms with E-state index in [2.05, 4.69) is 0 Å². The van der Waals surface area contributed by atoms with E-state index >= 15 is 0 Å². The molecular weight excluding hydrogens is 116 g/mol. The first-order valence-corrected chi connectivity index (χ1v) is 3.22. The average Bonchev–Trinajstić information content (AvgIpc) is 1.62. The summed E-state index contributed by atoms with van der Waals surface area (Å²) in [5.41, 5.74) is -0.0197. The summed E-state index contributed by atoms with van der Waals surface area (Å²) in [7, 11) is 0. The van der Waals surface area contributed by atoms with Crippen LogP contribution in [0.1, 0.15) is 27.7 Å². The van der Waals surface area contributed by atoms with Crippen molar-refractivity contribution in [1.29, 1.82) is 0 Å². The smallest absolute Gasteiger partial charge is 0.154 e. The molecular formula is C7H16O2. The first-order valence-electron chi connectivity index (χ1n) is 3.22. The number of hydrogen-bond acceptors (Lipinski definition) is 2. The fourth-order valence-corrected chi connectivity index (χ4v) is 0.447. The zero-order valence-electron chi connectivity index (χ0n) is 6.55. The van der Waals surface area contributed by atoms with Crippen molar-refractivity contribution in [2.24, 2.45) is 11.3 Å². The largest absolute Gasteiger partial charge is 0.368 e. The van der Waals surface area contributed by atoms with Gasteiger partial charge in [0, 0.05) is 5.92 Å². The molecule has 0 aliphatic carbocycles. The molecule has 0 bridgehead atoms. The zero-order valence-corrected chi connectivity index (χ0v) is 6.55. The highest BCUT2D eigenvalue weighted by Gasteiger charge is 2.24. The minimum Gasteiger partial charge on any atom is -0.368 e. The summed E-state index contributed by atoms with van der Waals surface area (Å²) in [6, 6.07) is 0. The van der Waals surface area contributed by atoms with Crippen molar-refractivity contribution in [2.75, 3.05) is 0 Å². The monoisotopic (exact) mass is 132 g/mol. The molecule has 2 N–H and O–H groups in total. The normalized spacial score (nSPS) is 16.3. The molecule has 0 fully saturated rings. The number of rotatable bonds is 1. The van der Waals surface area contributed by atoms with Gasteiger partial charge in [-0.25, -0.2) is 0 Å². The van der Waals surface area contributed by atoms with E-state index in [1.54, 1.807) is 0 Å². The summed E-state index contributed by atoms with van der Waals surface area (Å²) in [6.07, 6.45) is -1.19. The lowest BCUT2D eigenvalue weighted by Crippen LogP contribution is -2.29. The van der Waals surface area contributed by atoms with E-state index in [0.29, 0.717) is 0 Å². The molecule has 0 unspecified atom stereocenters. The van der Waals surface area contributed by atoms with Crippen LogP contribution in [0.5, 0.6) is 0 Å². The second-order valence-corrected chi connectivity index (χ2v) is 3.57. The molecule has 0 aliphatic rings. The van der Waals surface area contributed by atoms with Crippen LogP contribution >= 0.6 is 0 Å². The van der Waals surface area contributed by atoms with Crippen molar-refractivity contribution >= 4 is 0 Å². The lowest BCUT2D eigenvalue weighted by Gasteiger charge is -2.28. The van der Waals surface area contributed by atoms with E-state index in [4.69, 9.17) is 10.2 Å². The van der Waals surface area contributed by atoms with Gasteiger partial charge in [-0.15, -0.1) is 0 Å². The molecule has 2 heteroatoms. The summed E-state index contributed by atoms with van der Waals surface area (Å²) in [5.74, 6) is -0.0718. The fourth-order valence-electron chi connectivity index (χ4n) is 0.447. The summed E-state index contributed by atoms with van der Waals surface area (Å²) in [4.78, 5) is 0. The second-order valence-electron chi connectivity index (χ2n) is 3.57. The highest BCUT2D eigenvalue weighted by Crippen LogP contribution is 2.26. The highest BCUT2D eigenvalue weighted by molar-refractivity contribution is 4.70. The average molecular weight is 132 g/mol. The maximum absolute atomic E-state index is 8.71. The molecule has 56 valence electrons. The summed E-state index contributed by atoms with van der Waals surface area (Å²) in [6.45, 7) is 7.77. The van der Waals surface area contributed by atoms with Crippen molar-refractivity contribution in [3.63, 3.8) is 0 Å². The minimum atomic E-state index is -1.19. The van der Waals surface area contributed by atoms with Crippen molar-refractivity contribution in [1.82, 2.24) is 0 Å². The van der Waals surface area contributed by atoms with Gasteiger partial charge in [0.05, 0.1) is 0 Å². The highest BCUT2D eigenvalue weighted by atomic mass is 16.5. The first-order chi connectivity index (χ1) is 3.85. The Balaban J connectivity index is 3.88. The van der Waals surface area contributed by atoms with Gasteiger partial charge in [0.1, 0.15) is 0 Å². The van der Waals surface area contributed by atoms with Gasteiger partial charge in [0.2, 0.25) is 0 Å². The fraction of sp³-hybridized carbons (Fsp3) is 1.00. The van der Waals surface area contributed by atoms with Crippen LogP contribution in [-0.4, -0.2) is 16.5 Å². The van der Waals surface area contributed by atoms with Gasteiger partial charge in [0.25, 0.3) is 0 Å². The van der Waals surface area contributed by atoms with E-state index < -0.39 is 6.29 Å². The number of aliphatic hydroxyl groups is 2. The van der Waals surface area contributed by atoms with E-state index in [-0.39, 0.29) is 11.3 Å². The van der Waals surface area contributed by atoms with Crippen LogP contribution in [0, 0.1) is 11.3 Å². The number of aliphatic hydroxyl groups excluding tert-OH is 1. The maximum Gasteiger partial charge on any atom is 0.154 e. The standard InChI is InChI=1S/C7H16O2/c1-5(6(8)9)7(2,3)4/h5-6,8-9H,1-4H3/t5-/m1/s1. The van der Waals surface area contributed by atoms with Gasteiger partial charge < -0.3 is 10.2 Å². The van der Waals surface area contributed by atoms with Crippen LogP contribution in [0.4, 0.5) is 0 Å². The third-order valence-corrected chi connectivity index (χ3v) is 1.81. The lowest BCUT2D eigenvalue weighted by molar-refractivity contribution is -0.107. The quantitative estimate of drug-likeness (QED) is 0.522. The molecule has 0 aromatic carbocycles. The summed E-state index contributed by atoms with van der Waals surface area (Å²) >= 11 is 0. The van der Waals surface area contributed by atoms with Crippen molar-refractivity contribution in [3.05, 3.63) is 0 Å². The zero-order chi connectivity index (χ0) is 7.65. The molecule has 0 saturated heterocycles. The Morgan fingerprint density at radius 1 is 1.11 bits per heavy atom. The Bertz CT molecular complexity index is 81.4. The molecule has 0 aromatic rings. The summed E-state index contributed by atoms with van der Waals surface area (Å²) < 4.78 is 0. The van der Waals surface area contributed by atoms with E-state index in [1.807, 2.05) is 27.7 Å². The van der Waals surface area contributed by atoms with Crippen molar-refractivity contribution in [3.8, 4) is 0 Å². The van der Waals surface area contributed by atoms with Gasteiger partial charge in [-0.3, -0.25) is 0 Å². The number of hydrogen-bond donors (Lipinski definition) is 2. The maximum atomic E-state index is 8.71. The molecule has 0 saturated carbocycles. The Kier molecular flexibility index (Phi) is 2.65.